The molecule has 4 rings (SSSR count). The SMILES string of the molecule is CN1CC(CS(=O)(=O)N(C)C)CC2c3cccc4c3c(cn4C)CC21. The van der Waals surface area contributed by atoms with Crippen molar-refractivity contribution in [2.45, 2.75) is 24.8 Å². The Hall–Kier alpha value is -1.37. The van der Waals surface area contributed by atoms with E-state index in [4.69, 9.17) is 0 Å². The number of hydrogen-bond acceptors (Lipinski definition) is 3. The van der Waals surface area contributed by atoms with Gasteiger partial charge in [-0.25, -0.2) is 12.7 Å². The van der Waals surface area contributed by atoms with Gasteiger partial charge in [0.2, 0.25) is 10.0 Å². The number of hydrogen-bond donors (Lipinski definition) is 0. The molecular weight excluding hydrogens is 334 g/mol. The summed E-state index contributed by atoms with van der Waals surface area (Å²) in [5.74, 6) is 0.837. The lowest BCUT2D eigenvalue weighted by atomic mass is 9.73. The molecule has 5 nitrogen and oxygen atoms in total. The van der Waals surface area contributed by atoms with Crippen LogP contribution in [0, 0.1) is 5.92 Å². The zero-order chi connectivity index (χ0) is 17.9. The Balaban J connectivity index is 1.71. The van der Waals surface area contributed by atoms with Crippen LogP contribution in [0.2, 0.25) is 0 Å². The number of piperidine rings is 1. The Kier molecular flexibility index (Phi) is 3.98. The van der Waals surface area contributed by atoms with Gasteiger partial charge in [-0.3, -0.25) is 0 Å². The van der Waals surface area contributed by atoms with E-state index in [2.05, 4.69) is 48.0 Å². The molecule has 3 unspecified atom stereocenters. The molecule has 0 bridgehead atoms. The zero-order valence-corrected chi connectivity index (χ0v) is 16.3. The number of likely N-dealkylation sites (tertiary alicyclic amines) is 1. The number of aromatic nitrogens is 1. The van der Waals surface area contributed by atoms with Crippen LogP contribution in [0.15, 0.2) is 24.4 Å². The topological polar surface area (TPSA) is 45.6 Å². The highest BCUT2D eigenvalue weighted by atomic mass is 32.2. The summed E-state index contributed by atoms with van der Waals surface area (Å²) in [7, 11) is 4.35. The van der Waals surface area contributed by atoms with Gasteiger partial charge in [0.25, 0.3) is 0 Å². The van der Waals surface area contributed by atoms with Gasteiger partial charge in [-0.2, -0.15) is 0 Å². The van der Waals surface area contributed by atoms with Crippen molar-refractivity contribution < 1.29 is 8.42 Å². The molecule has 2 aromatic rings. The molecule has 0 radical (unpaired) electrons. The molecule has 2 heterocycles. The first kappa shape index (κ1) is 17.1. The number of aryl methyl sites for hydroxylation is 1. The third-order valence-corrected chi connectivity index (χ3v) is 8.13. The number of benzene rings is 1. The summed E-state index contributed by atoms with van der Waals surface area (Å²) in [6.07, 6.45) is 4.28. The molecule has 1 fully saturated rings. The molecule has 0 N–H and O–H groups in total. The average Bonchev–Trinajstić information content (AvgIpc) is 2.86. The molecule has 2 aliphatic rings. The molecule has 6 heteroatoms. The summed E-state index contributed by atoms with van der Waals surface area (Å²) < 4.78 is 28.3. The summed E-state index contributed by atoms with van der Waals surface area (Å²) in [5, 5.41) is 1.40. The second kappa shape index (κ2) is 5.83. The van der Waals surface area contributed by atoms with Crippen LogP contribution >= 0.6 is 0 Å². The minimum atomic E-state index is -3.16. The summed E-state index contributed by atoms with van der Waals surface area (Å²) in [5.41, 5.74) is 4.13. The minimum absolute atomic E-state index is 0.180. The fourth-order valence-corrected chi connectivity index (χ4v) is 6.03. The van der Waals surface area contributed by atoms with E-state index in [9.17, 15) is 8.42 Å². The van der Waals surface area contributed by atoms with E-state index in [-0.39, 0.29) is 11.7 Å². The summed E-state index contributed by atoms with van der Waals surface area (Å²) in [6, 6.07) is 7.05. The van der Waals surface area contributed by atoms with Gasteiger partial charge < -0.3 is 9.47 Å². The number of nitrogens with zero attached hydrogens (tertiary/aromatic N) is 3. The predicted octanol–water partition coefficient (Wildman–Crippen LogP) is 2.03. The van der Waals surface area contributed by atoms with Crippen LogP contribution in [0.1, 0.15) is 23.5 Å². The highest BCUT2D eigenvalue weighted by molar-refractivity contribution is 7.89. The molecule has 136 valence electrons. The van der Waals surface area contributed by atoms with Crippen molar-refractivity contribution >= 4 is 20.9 Å². The Morgan fingerprint density at radius 3 is 2.72 bits per heavy atom. The Labute approximate surface area is 150 Å². The van der Waals surface area contributed by atoms with Crippen molar-refractivity contribution in [3.05, 3.63) is 35.5 Å². The molecule has 3 atom stereocenters. The van der Waals surface area contributed by atoms with Crippen LogP contribution in [0.5, 0.6) is 0 Å². The van der Waals surface area contributed by atoms with E-state index in [0.29, 0.717) is 12.0 Å². The maximum Gasteiger partial charge on any atom is 0.213 e. The summed E-state index contributed by atoms with van der Waals surface area (Å²) in [6.45, 7) is 0.854. The van der Waals surface area contributed by atoms with Crippen LogP contribution in [-0.4, -0.2) is 61.7 Å². The fourth-order valence-electron chi connectivity index (χ4n) is 4.90. The van der Waals surface area contributed by atoms with Crippen LogP contribution in [-0.2, 0) is 23.5 Å². The van der Waals surface area contributed by atoms with Crippen molar-refractivity contribution in [3.63, 3.8) is 0 Å². The molecule has 1 aliphatic carbocycles. The fraction of sp³-hybridized carbons (Fsp3) is 0.579. The van der Waals surface area contributed by atoms with Crippen molar-refractivity contribution in [2.75, 3.05) is 33.4 Å². The highest BCUT2D eigenvalue weighted by Gasteiger charge is 2.40. The quantitative estimate of drug-likeness (QED) is 0.840. The first-order valence-corrected chi connectivity index (χ1v) is 10.6. The number of fused-ring (bicyclic) bond motifs is 2. The highest BCUT2D eigenvalue weighted by Crippen LogP contribution is 2.44. The van der Waals surface area contributed by atoms with Crippen LogP contribution in [0.3, 0.4) is 0 Å². The van der Waals surface area contributed by atoms with E-state index in [0.717, 1.165) is 19.4 Å². The van der Waals surface area contributed by atoms with Crippen LogP contribution in [0.25, 0.3) is 10.9 Å². The van der Waals surface area contributed by atoms with Gasteiger partial charge in [-0.1, -0.05) is 12.1 Å². The standard InChI is InChI=1S/C19H27N3O2S/c1-20(2)25(23,24)12-13-8-16-15-6-5-7-17-19(15)14(11-22(17)4)9-18(16)21(3)10-13/h5-7,11,13,16,18H,8-10,12H2,1-4H3. The lowest BCUT2D eigenvalue weighted by Crippen LogP contribution is -2.49. The smallest absolute Gasteiger partial charge is 0.213 e. The Morgan fingerprint density at radius 1 is 1.24 bits per heavy atom. The average molecular weight is 362 g/mol. The maximum absolute atomic E-state index is 12.4. The number of sulfonamides is 1. The van der Waals surface area contributed by atoms with Gasteiger partial charge in [0.15, 0.2) is 0 Å². The Bertz CT molecular complexity index is 916. The summed E-state index contributed by atoms with van der Waals surface area (Å²) in [4.78, 5) is 2.39. The van der Waals surface area contributed by atoms with Gasteiger partial charge in [0, 0.05) is 56.7 Å². The van der Waals surface area contributed by atoms with Crippen LogP contribution in [0.4, 0.5) is 0 Å². The third-order valence-electron chi connectivity index (χ3n) is 6.12. The molecule has 1 aliphatic heterocycles. The molecule has 0 amide bonds. The van der Waals surface area contributed by atoms with E-state index in [1.165, 1.54) is 26.3 Å². The van der Waals surface area contributed by atoms with Gasteiger partial charge in [0.1, 0.15) is 0 Å². The van der Waals surface area contributed by atoms with Gasteiger partial charge >= 0.3 is 0 Å². The second-order valence-corrected chi connectivity index (χ2v) is 10.2. The van der Waals surface area contributed by atoms with E-state index >= 15 is 0 Å². The molecule has 0 saturated carbocycles. The lowest BCUT2D eigenvalue weighted by Gasteiger charge is -2.45. The monoisotopic (exact) mass is 361 g/mol. The van der Waals surface area contributed by atoms with E-state index < -0.39 is 10.0 Å². The normalized spacial score (nSPS) is 27.0. The molecular formula is C19H27N3O2S. The van der Waals surface area contributed by atoms with E-state index in [1.807, 2.05) is 0 Å². The Morgan fingerprint density at radius 2 is 2.00 bits per heavy atom. The molecule has 0 spiro atoms. The number of rotatable bonds is 3. The van der Waals surface area contributed by atoms with Crippen molar-refractivity contribution in [3.8, 4) is 0 Å². The van der Waals surface area contributed by atoms with Crippen molar-refractivity contribution in [1.29, 1.82) is 0 Å². The first-order chi connectivity index (χ1) is 11.8. The van der Waals surface area contributed by atoms with Crippen molar-refractivity contribution in [1.82, 2.24) is 13.8 Å². The molecule has 1 aromatic heterocycles. The van der Waals surface area contributed by atoms with Gasteiger partial charge in [0.05, 0.1) is 5.75 Å². The number of likely N-dealkylation sites (N-methyl/N-ethyl adjacent to an activating group) is 1. The predicted molar refractivity (Wildman–Crippen MR) is 101 cm³/mol. The first-order valence-electron chi connectivity index (χ1n) is 8.95. The van der Waals surface area contributed by atoms with Crippen molar-refractivity contribution in [2.24, 2.45) is 13.0 Å². The van der Waals surface area contributed by atoms with E-state index in [1.54, 1.807) is 14.1 Å². The minimum Gasteiger partial charge on any atom is -0.350 e. The maximum atomic E-state index is 12.4. The molecule has 1 aromatic carbocycles. The third kappa shape index (κ3) is 2.71. The lowest BCUT2D eigenvalue weighted by molar-refractivity contribution is 0.120. The zero-order valence-electron chi connectivity index (χ0n) is 15.4. The summed E-state index contributed by atoms with van der Waals surface area (Å²) >= 11 is 0. The van der Waals surface area contributed by atoms with Gasteiger partial charge in [-0.05, 0) is 43.0 Å². The van der Waals surface area contributed by atoms with Crippen LogP contribution < -0.4 is 0 Å². The second-order valence-electron chi connectivity index (χ2n) is 7.99. The largest absolute Gasteiger partial charge is 0.350 e. The van der Waals surface area contributed by atoms with Gasteiger partial charge in [-0.15, -0.1) is 0 Å². The molecule has 1 saturated heterocycles. The molecule has 25 heavy (non-hydrogen) atoms.